The lowest BCUT2D eigenvalue weighted by atomic mass is 10.1. The van der Waals surface area contributed by atoms with E-state index in [-0.39, 0.29) is 0 Å². The van der Waals surface area contributed by atoms with Crippen molar-refractivity contribution in [1.82, 2.24) is 4.98 Å². The quantitative estimate of drug-likeness (QED) is 0.785. The molecule has 0 atom stereocenters. The van der Waals surface area contributed by atoms with E-state index in [0.29, 0.717) is 6.54 Å². The summed E-state index contributed by atoms with van der Waals surface area (Å²) in [6.07, 6.45) is 5.25. The van der Waals surface area contributed by atoms with Gasteiger partial charge >= 0.3 is 0 Å². The van der Waals surface area contributed by atoms with Crippen molar-refractivity contribution >= 4 is 0 Å². The predicted octanol–water partition coefficient (Wildman–Crippen LogP) is 2.11. The SMILES string of the molecule is Cc1ccncc1-c1cc(CN)co1. The van der Waals surface area contributed by atoms with Gasteiger partial charge in [0.15, 0.2) is 0 Å². The number of pyridine rings is 1. The molecule has 0 aliphatic rings. The monoisotopic (exact) mass is 188 g/mol. The van der Waals surface area contributed by atoms with E-state index in [1.54, 1.807) is 18.7 Å². The molecule has 72 valence electrons. The number of nitrogens with two attached hydrogens (primary N) is 1. The third-order valence-electron chi connectivity index (χ3n) is 2.19. The van der Waals surface area contributed by atoms with Crippen LogP contribution in [0.15, 0.2) is 35.2 Å². The number of nitrogens with zero attached hydrogens (tertiary/aromatic N) is 1. The Labute approximate surface area is 82.6 Å². The Balaban J connectivity index is 2.44. The van der Waals surface area contributed by atoms with Gasteiger partial charge < -0.3 is 10.2 Å². The first kappa shape index (κ1) is 8.97. The summed E-state index contributed by atoms with van der Waals surface area (Å²) in [5.74, 6) is 0.830. The van der Waals surface area contributed by atoms with Crippen LogP contribution in [0.4, 0.5) is 0 Å². The summed E-state index contributed by atoms with van der Waals surface area (Å²) in [5, 5.41) is 0. The number of furan rings is 1. The third kappa shape index (κ3) is 1.54. The Morgan fingerprint density at radius 2 is 2.36 bits per heavy atom. The Morgan fingerprint density at radius 1 is 1.50 bits per heavy atom. The molecule has 0 bridgehead atoms. The van der Waals surface area contributed by atoms with Gasteiger partial charge in [0, 0.05) is 30.1 Å². The number of hydrogen-bond acceptors (Lipinski definition) is 3. The summed E-state index contributed by atoms with van der Waals surface area (Å²) in [6, 6.07) is 3.91. The maximum Gasteiger partial charge on any atom is 0.136 e. The Morgan fingerprint density at radius 3 is 3.00 bits per heavy atom. The zero-order valence-corrected chi connectivity index (χ0v) is 8.03. The van der Waals surface area contributed by atoms with Gasteiger partial charge in [-0.15, -0.1) is 0 Å². The zero-order valence-electron chi connectivity index (χ0n) is 8.03. The van der Waals surface area contributed by atoms with Crippen molar-refractivity contribution in [3.63, 3.8) is 0 Å². The van der Waals surface area contributed by atoms with Crippen LogP contribution in [0.3, 0.4) is 0 Å². The smallest absolute Gasteiger partial charge is 0.136 e. The minimum absolute atomic E-state index is 0.503. The number of hydrogen-bond donors (Lipinski definition) is 1. The van der Waals surface area contributed by atoms with Gasteiger partial charge in [-0.25, -0.2) is 0 Å². The van der Waals surface area contributed by atoms with Crippen LogP contribution in [0.25, 0.3) is 11.3 Å². The second kappa shape index (κ2) is 3.64. The van der Waals surface area contributed by atoms with Crippen LogP contribution in [0.1, 0.15) is 11.1 Å². The van der Waals surface area contributed by atoms with E-state index in [1.165, 1.54) is 0 Å². The van der Waals surface area contributed by atoms with Crippen LogP contribution in [-0.4, -0.2) is 4.98 Å². The standard InChI is InChI=1S/C11H12N2O/c1-8-2-3-13-6-10(8)11-4-9(5-12)7-14-11/h2-4,6-7H,5,12H2,1H3. The fraction of sp³-hybridized carbons (Fsp3) is 0.182. The molecule has 0 aliphatic heterocycles. The maximum absolute atomic E-state index is 5.50. The van der Waals surface area contributed by atoms with E-state index < -0.39 is 0 Å². The molecule has 0 aromatic carbocycles. The van der Waals surface area contributed by atoms with Gasteiger partial charge in [0.25, 0.3) is 0 Å². The van der Waals surface area contributed by atoms with Crippen LogP contribution in [-0.2, 0) is 6.54 Å². The molecule has 2 rings (SSSR count). The second-order valence-electron chi connectivity index (χ2n) is 3.21. The summed E-state index contributed by atoms with van der Waals surface area (Å²) < 4.78 is 5.40. The number of aryl methyl sites for hydroxylation is 1. The van der Waals surface area contributed by atoms with Crippen LogP contribution in [0, 0.1) is 6.92 Å². The average molecular weight is 188 g/mol. The molecule has 2 aromatic heterocycles. The number of aromatic nitrogens is 1. The average Bonchev–Trinajstić information content (AvgIpc) is 2.67. The van der Waals surface area contributed by atoms with Gasteiger partial charge in [-0.3, -0.25) is 4.98 Å². The molecular weight excluding hydrogens is 176 g/mol. The molecule has 0 saturated carbocycles. The highest BCUT2D eigenvalue weighted by molar-refractivity contribution is 5.61. The summed E-state index contributed by atoms with van der Waals surface area (Å²) in [5.41, 5.74) is 8.68. The molecule has 0 saturated heterocycles. The van der Waals surface area contributed by atoms with Gasteiger partial charge in [-0.1, -0.05) is 0 Å². The molecule has 2 aromatic rings. The van der Waals surface area contributed by atoms with E-state index in [9.17, 15) is 0 Å². The van der Waals surface area contributed by atoms with E-state index in [1.807, 2.05) is 19.1 Å². The van der Waals surface area contributed by atoms with Gasteiger partial charge in [0.2, 0.25) is 0 Å². The van der Waals surface area contributed by atoms with Crippen molar-refractivity contribution in [3.05, 3.63) is 41.9 Å². The fourth-order valence-corrected chi connectivity index (χ4v) is 1.35. The van der Waals surface area contributed by atoms with Gasteiger partial charge in [0.05, 0.1) is 6.26 Å². The maximum atomic E-state index is 5.50. The molecule has 0 aliphatic carbocycles. The van der Waals surface area contributed by atoms with Crippen LogP contribution < -0.4 is 5.73 Å². The molecule has 0 amide bonds. The van der Waals surface area contributed by atoms with E-state index in [4.69, 9.17) is 10.2 Å². The Kier molecular flexibility index (Phi) is 2.33. The van der Waals surface area contributed by atoms with Crippen molar-refractivity contribution in [1.29, 1.82) is 0 Å². The van der Waals surface area contributed by atoms with Crippen LogP contribution in [0.5, 0.6) is 0 Å². The van der Waals surface area contributed by atoms with E-state index in [2.05, 4.69) is 4.98 Å². The third-order valence-corrected chi connectivity index (χ3v) is 2.19. The first-order valence-electron chi connectivity index (χ1n) is 4.49. The van der Waals surface area contributed by atoms with Gasteiger partial charge in [-0.2, -0.15) is 0 Å². The molecule has 0 unspecified atom stereocenters. The summed E-state index contributed by atoms with van der Waals surface area (Å²) >= 11 is 0. The molecule has 0 spiro atoms. The summed E-state index contributed by atoms with van der Waals surface area (Å²) in [7, 11) is 0. The van der Waals surface area contributed by atoms with E-state index in [0.717, 1.165) is 22.5 Å². The summed E-state index contributed by atoms with van der Waals surface area (Å²) in [4.78, 5) is 4.07. The largest absolute Gasteiger partial charge is 0.464 e. The number of rotatable bonds is 2. The summed E-state index contributed by atoms with van der Waals surface area (Å²) in [6.45, 7) is 2.53. The highest BCUT2D eigenvalue weighted by Crippen LogP contribution is 2.23. The topological polar surface area (TPSA) is 52.0 Å². The Bertz CT molecular complexity index is 434. The van der Waals surface area contributed by atoms with Crippen molar-refractivity contribution in [2.24, 2.45) is 5.73 Å². The fourth-order valence-electron chi connectivity index (χ4n) is 1.35. The van der Waals surface area contributed by atoms with Crippen molar-refractivity contribution in [3.8, 4) is 11.3 Å². The molecule has 14 heavy (non-hydrogen) atoms. The molecular formula is C11H12N2O. The molecule has 2 N–H and O–H groups in total. The van der Waals surface area contributed by atoms with Gasteiger partial charge in [0.1, 0.15) is 5.76 Å². The molecule has 0 radical (unpaired) electrons. The van der Waals surface area contributed by atoms with Crippen molar-refractivity contribution in [2.45, 2.75) is 13.5 Å². The first-order chi connectivity index (χ1) is 6.81. The minimum Gasteiger partial charge on any atom is -0.464 e. The lowest BCUT2D eigenvalue weighted by Gasteiger charge is -1.99. The highest BCUT2D eigenvalue weighted by atomic mass is 16.3. The normalized spacial score (nSPS) is 10.4. The van der Waals surface area contributed by atoms with Crippen molar-refractivity contribution < 1.29 is 4.42 Å². The molecule has 2 heterocycles. The zero-order chi connectivity index (χ0) is 9.97. The molecule has 3 heteroatoms. The molecule has 3 nitrogen and oxygen atoms in total. The highest BCUT2D eigenvalue weighted by Gasteiger charge is 2.06. The van der Waals surface area contributed by atoms with Crippen molar-refractivity contribution in [2.75, 3.05) is 0 Å². The predicted molar refractivity (Wildman–Crippen MR) is 54.6 cm³/mol. The first-order valence-corrected chi connectivity index (χ1v) is 4.49. The minimum atomic E-state index is 0.503. The van der Waals surface area contributed by atoms with Crippen LogP contribution >= 0.6 is 0 Å². The second-order valence-corrected chi connectivity index (χ2v) is 3.21. The lowest BCUT2D eigenvalue weighted by molar-refractivity contribution is 0.578. The Hall–Kier alpha value is -1.61. The molecule has 0 fully saturated rings. The van der Waals surface area contributed by atoms with Gasteiger partial charge in [-0.05, 0) is 24.6 Å². The lowest BCUT2D eigenvalue weighted by Crippen LogP contribution is -1.92. The van der Waals surface area contributed by atoms with Crippen LogP contribution in [0.2, 0.25) is 0 Å². The van der Waals surface area contributed by atoms with E-state index >= 15 is 0 Å².